The molecule has 1 aromatic heterocycles. The van der Waals surface area contributed by atoms with Crippen molar-refractivity contribution in [2.45, 2.75) is 31.9 Å². The van der Waals surface area contributed by atoms with E-state index in [2.05, 4.69) is 29.1 Å². The summed E-state index contributed by atoms with van der Waals surface area (Å²) in [6.07, 6.45) is 2.69. The number of ether oxygens (including phenoxy) is 1. The van der Waals surface area contributed by atoms with Crippen molar-refractivity contribution in [3.8, 4) is 0 Å². The van der Waals surface area contributed by atoms with E-state index < -0.39 is 0 Å². The van der Waals surface area contributed by atoms with Crippen molar-refractivity contribution < 1.29 is 4.74 Å². The molecule has 0 aliphatic carbocycles. The number of benzene rings is 1. The van der Waals surface area contributed by atoms with Crippen LogP contribution >= 0.6 is 0 Å². The van der Waals surface area contributed by atoms with Gasteiger partial charge in [-0.2, -0.15) is 0 Å². The SMILES string of the molecule is CC1OCCC1(C)Nc1ncnc2cc(N)ccc12. The van der Waals surface area contributed by atoms with E-state index in [1.165, 1.54) is 0 Å². The fourth-order valence-electron chi connectivity index (χ4n) is 2.44. The van der Waals surface area contributed by atoms with Crippen LogP contribution in [0, 0.1) is 0 Å². The molecule has 2 heterocycles. The van der Waals surface area contributed by atoms with Crippen molar-refractivity contribution >= 4 is 22.4 Å². The molecule has 5 nitrogen and oxygen atoms in total. The Hall–Kier alpha value is -1.88. The summed E-state index contributed by atoms with van der Waals surface area (Å²) in [7, 11) is 0. The lowest BCUT2D eigenvalue weighted by Gasteiger charge is -2.29. The Morgan fingerprint density at radius 1 is 1.42 bits per heavy atom. The van der Waals surface area contributed by atoms with Crippen LogP contribution in [0.15, 0.2) is 24.5 Å². The van der Waals surface area contributed by atoms with Gasteiger partial charge in [0.2, 0.25) is 0 Å². The van der Waals surface area contributed by atoms with Crippen LogP contribution in [-0.4, -0.2) is 28.2 Å². The third-order valence-electron chi connectivity index (χ3n) is 3.95. The summed E-state index contributed by atoms with van der Waals surface area (Å²) in [6.45, 7) is 5.03. The predicted molar refractivity (Wildman–Crippen MR) is 76.0 cm³/mol. The Morgan fingerprint density at radius 3 is 3.00 bits per heavy atom. The van der Waals surface area contributed by atoms with E-state index in [4.69, 9.17) is 10.5 Å². The number of rotatable bonds is 2. The molecule has 19 heavy (non-hydrogen) atoms. The van der Waals surface area contributed by atoms with Gasteiger partial charge in [-0.1, -0.05) is 0 Å². The van der Waals surface area contributed by atoms with Crippen LogP contribution < -0.4 is 11.1 Å². The molecular weight excluding hydrogens is 240 g/mol. The van der Waals surface area contributed by atoms with Crippen LogP contribution in [0.4, 0.5) is 11.5 Å². The van der Waals surface area contributed by atoms with Crippen LogP contribution in [0.25, 0.3) is 10.9 Å². The minimum Gasteiger partial charge on any atom is -0.399 e. The van der Waals surface area contributed by atoms with Gasteiger partial charge in [0.05, 0.1) is 17.2 Å². The van der Waals surface area contributed by atoms with Crippen LogP contribution in [0.5, 0.6) is 0 Å². The monoisotopic (exact) mass is 258 g/mol. The molecule has 0 saturated carbocycles. The maximum Gasteiger partial charge on any atom is 0.137 e. The molecule has 2 unspecified atom stereocenters. The summed E-state index contributed by atoms with van der Waals surface area (Å²) >= 11 is 0. The molecule has 3 rings (SSSR count). The van der Waals surface area contributed by atoms with Gasteiger partial charge in [0.1, 0.15) is 12.1 Å². The molecule has 0 amide bonds. The number of hydrogen-bond donors (Lipinski definition) is 2. The summed E-state index contributed by atoms with van der Waals surface area (Å²) in [4.78, 5) is 8.62. The fraction of sp³-hybridized carbons (Fsp3) is 0.429. The molecule has 1 saturated heterocycles. The highest BCUT2D eigenvalue weighted by atomic mass is 16.5. The molecule has 5 heteroatoms. The van der Waals surface area contributed by atoms with Gasteiger partial charge in [-0.3, -0.25) is 0 Å². The smallest absolute Gasteiger partial charge is 0.137 e. The van der Waals surface area contributed by atoms with Crippen LogP contribution in [-0.2, 0) is 4.74 Å². The summed E-state index contributed by atoms with van der Waals surface area (Å²) < 4.78 is 5.65. The third kappa shape index (κ3) is 2.10. The summed E-state index contributed by atoms with van der Waals surface area (Å²) in [5.74, 6) is 0.838. The Morgan fingerprint density at radius 2 is 2.26 bits per heavy atom. The largest absolute Gasteiger partial charge is 0.399 e. The first-order chi connectivity index (χ1) is 9.08. The van der Waals surface area contributed by atoms with E-state index in [0.717, 1.165) is 29.7 Å². The molecule has 3 N–H and O–H groups in total. The quantitative estimate of drug-likeness (QED) is 0.808. The third-order valence-corrected chi connectivity index (χ3v) is 3.95. The van der Waals surface area contributed by atoms with Gasteiger partial charge in [0.15, 0.2) is 0 Å². The second kappa shape index (κ2) is 4.35. The number of anilines is 2. The van der Waals surface area contributed by atoms with Crippen LogP contribution in [0.3, 0.4) is 0 Å². The van der Waals surface area contributed by atoms with Gasteiger partial charge in [-0.05, 0) is 38.5 Å². The molecule has 1 fully saturated rings. The number of nitrogens with one attached hydrogen (secondary N) is 1. The highest BCUT2D eigenvalue weighted by molar-refractivity contribution is 5.90. The zero-order valence-corrected chi connectivity index (χ0v) is 11.2. The van der Waals surface area contributed by atoms with Crippen molar-refractivity contribution in [3.63, 3.8) is 0 Å². The molecular formula is C14H18N4O. The summed E-state index contributed by atoms with van der Waals surface area (Å²) in [6, 6.07) is 5.68. The number of aromatic nitrogens is 2. The molecule has 2 atom stereocenters. The highest BCUT2D eigenvalue weighted by Crippen LogP contribution is 2.31. The number of nitrogens with two attached hydrogens (primary N) is 1. The molecule has 100 valence electrons. The zero-order chi connectivity index (χ0) is 13.5. The summed E-state index contributed by atoms with van der Waals surface area (Å²) in [5.41, 5.74) is 7.25. The first-order valence-electron chi connectivity index (χ1n) is 6.48. The van der Waals surface area contributed by atoms with Gasteiger partial charge in [-0.15, -0.1) is 0 Å². The normalized spacial score (nSPS) is 26.7. The minimum absolute atomic E-state index is 0.0946. The van der Waals surface area contributed by atoms with E-state index in [9.17, 15) is 0 Å². The Kier molecular flexibility index (Phi) is 2.78. The number of nitrogen functional groups attached to an aromatic ring is 1. The van der Waals surface area contributed by atoms with Gasteiger partial charge in [0, 0.05) is 17.7 Å². The number of hydrogen-bond acceptors (Lipinski definition) is 5. The van der Waals surface area contributed by atoms with Gasteiger partial charge < -0.3 is 15.8 Å². The summed E-state index contributed by atoms with van der Waals surface area (Å²) in [5, 5.41) is 4.50. The van der Waals surface area contributed by atoms with E-state index in [0.29, 0.717) is 5.69 Å². The van der Waals surface area contributed by atoms with E-state index in [-0.39, 0.29) is 11.6 Å². The topological polar surface area (TPSA) is 73.1 Å². The second-order valence-electron chi connectivity index (χ2n) is 5.30. The van der Waals surface area contributed by atoms with Crippen molar-refractivity contribution in [2.24, 2.45) is 0 Å². The first-order valence-corrected chi connectivity index (χ1v) is 6.48. The van der Waals surface area contributed by atoms with Crippen molar-refractivity contribution in [1.82, 2.24) is 9.97 Å². The Bertz CT molecular complexity index is 615. The molecule has 0 spiro atoms. The van der Waals surface area contributed by atoms with Crippen molar-refractivity contribution in [1.29, 1.82) is 0 Å². The van der Waals surface area contributed by atoms with Gasteiger partial charge >= 0.3 is 0 Å². The van der Waals surface area contributed by atoms with Crippen LogP contribution in [0.2, 0.25) is 0 Å². The number of nitrogens with zero attached hydrogens (tertiary/aromatic N) is 2. The molecule has 0 bridgehead atoms. The minimum atomic E-state index is -0.0946. The van der Waals surface area contributed by atoms with Gasteiger partial charge in [0.25, 0.3) is 0 Å². The molecule has 1 aliphatic rings. The Labute approximate surface area is 112 Å². The lowest BCUT2D eigenvalue weighted by atomic mass is 9.94. The lowest BCUT2D eigenvalue weighted by Crippen LogP contribution is -2.41. The average Bonchev–Trinajstić information content (AvgIpc) is 2.69. The lowest BCUT2D eigenvalue weighted by molar-refractivity contribution is 0.105. The van der Waals surface area contributed by atoms with Crippen molar-refractivity contribution in [3.05, 3.63) is 24.5 Å². The van der Waals surface area contributed by atoms with E-state index in [1.54, 1.807) is 6.33 Å². The van der Waals surface area contributed by atoms with E-state index >= 15 is 0 Å². The number of fused-ring (bicyclic) bond motifs is 1. The molecule has 1 aliphatic heterocycles. The molecule has 1 aromatic carbocycles. The highest BCUT2D eigenvalue weighted by Gasteiger charge is 2.37. The molecule has 2 aromatic rings. The maximum atomic E-state index is 5.78. The van der Waals surface area contributed by atoms with Gasteiger partial charge in [-0.25, -0.2) is 9.97 Å². The van der Waals surface area contributed by atoms with E-state index in [1.807, 2.05) is 18.2 Å². The average molecular weight is 258 g/mol. The first kappa shape index (κ1) is 12.2. The van der Waals surface area contributed by atoms with Crippen molar-refractivity contribution in [2.75, 3.05) is 17.7 Å². The predicted octanol–water partition coefficient (Wildman–Crippen LogP) is 2.19. The van der Waals surface area contributed by atoms with Crippen LogP contribution in [0.1, 0.15) is 20.3 Å². The second-order valence-corrected chi connectivity index (χ2v) is 5.30. The fourth-order valence-corrected chi connectivity index (χ4v) is 2.44. The Balaban J connectivity index is 2.01. The molecule has 0 radical (unpaired) electrons. The maximum absolute atomic E-state index is 5.78. The standard InChI is InChI=1S/C14H18N4O/c1-9-14(2,5-6-19-9)18-13-11-4-3-10(15)7-12(11)16-8-17-13/h3-4,7-9H,5-6,15H2,1-2H3,(H,16,17,18). The zero-order valence-electron chi connectivity index (χ0n) is 11.2.